The summed E-state index contributed by atoms with van der Waals surface area (Å²) < 4.78 is 85.5. The summed E-state index contributed by atoms with van der Waals surface area (Å²) in [4.78, 5) is 12.5. The molecule has 1 N–H and O–H groups in total. The summed E-state index contributed by atoms with van der Waals surface area (Å²) in [6.07, 6.45) is -10.5. The third-order valence-electron chi connectivity index (χ3n) is 2.20. The van der Waals surface area contributed by atoms with E-state index in [2.05, 4.69) is 4.74 Å². The molecular weight excluding hydrogens is 214 g/mol. The minimum Gasteiger partial charge on any atom is -0.469 e. The van der Waals surface area contributed by atoms with Gasteiger partial charge in [0.2, 0.25) is 0 Å². The maximum Gasteiger partial charge on any atom is 0.314 e. The Hall–Kier alpha value is -1.35. The summed E-state index contributed by atoms with van der Waals surface area (Å²) in [7, 11) is 0.902. The van der Waals surface area contributed by atoms with Crippen LogP contribution in [0.5, 0.6) is 0 Å². The molecule has 1 aromatic rings. The molecule has 1 aliphatic heterocycles. The standard InChI is InChI=1S/C14H19NO2/c1-17-14(16)13(11-7-3-2-4-8-11)12-9-5-6-10-15-12/h2-4,7-8,12-13,15H,5-6,9-10H2,1H3/t12-,13-/m1/s1/i5D2,6D2,9D2,10D2,12D,13D. The topological polar surface area (TPSA) is 38.3 Å². The third-order valence-corrected chi connectivity index (χ3v) is 2.20. The maximum absolute atomic E-state index is 12.5. The molecule has 1 aromatic carbocycles. The van der Waals surface area contributed by atoms with Crippen LogP contribution in [0.15, 0.2) is 30.3 Å². The highest BCUT2D eigenvalue weighted by molar-refractivity contribution is 5.79. The Bertz CT molecular complexity index is 741. The van der Waals surface area contributed by atoms with Crippen LogP contribution in [-0.2, 0) is 9.53 Å². The summed E-state index contributed by atoms with van der Waals surface area (Å²) in [5.74, 6) is -4.38. The van der Waals surface area contributed by atoms with Crippen LogP contribution in [-0.4, -0.2) is 25.6 Å². The number of esters is 1. The molecule has 2 rings (SSSR count). The van der Waals surface area contributed by atoms with E-state index in [1.807, 2.05) is 0 Å². The van der Waals surface area contributed by atoms with Crippen LogP contribution in [0.1, 0.15) is 44.3 Å². The zero-order valence-corrected chi connectivity index (χ0v) is 9.20. The van der Waals surface area contributed by atoms with Crippen LogP contribution in [0.25, 0.3) is 0 Å². The van der Waals surface area contributed by atoms with Crippen molar-refractivity contribution >= 4 is 5.97 Å². The number of hydrogen-bond donors (Lipinski definition) is 1. The number of benzene rings is 1. The van der Waals surface area contributed by atoms with Gasteiger partial charge in [0.15, 0.2) is 0 Å². The zero-order chi connectivity index (χ0) is 21.1. The van der Waals surface area contributed by atoms with Crippen molar-refractivity contribution in [2.24, 2.45) is 0 Å². The van der Waals surface area contributed by atoms with E-state index >= 15 is 0 Å². The van der Waals surface area contributed by atoms with Crippen molar-refractivity contribution in [3.8, 4) is 0 Å². The van der Waals surface area contributed by atoms with Crippen LogP contribution in [0.2, 0.25) is 0 Å². The fourth-order valence-corrected chi connectivity index (χ4v) is 1.45. The molecule has 92 valence electrons. The molecule has 1 aliphatic rings. The Morgan fingerprint density at radius 1 is 1.59 bits per heavy atom. The predicted molar refractivity (Wildman–Crippen MR) is 66.8 cm³/mol. The predicted octanol–water partition coefficient (Wildman–Crippen LogP) is 2.09. The quantitative estimate of drug-likeness (QED) is 0.826. The van der Waals surface area contributed by atoms with Crippen LogP contribution in [0.3, 0.4) is 0 Å². The number of ether oxygens (including phenoxy) is 1. The number of hydrogen-bond acceptors (Lipinski definition) is 3. The summed E-state index contributed by atoms with van der Waals surface area (Å²) in [5, 5.41) is 1.78. The highest BCUT2D eigenvalue weighted by Crippen LogP contribution is 2.26. The Morgan fingerprint density at radius 2 is 2.35 bits per heavy atom. The first-order valence-electron chi connectivity index (χ1n) is 9.98. The Balaban J connectivity index is 2.88. The lowest BCUT2D eigenvalue weighted by atomic mass is 9.86. The van der Waals surface area contributed by atoms with Gasteiger partial charge in [-0.15, -0.1) is 0 Å². The van der Waals surface area contributed by atoms with Gasteiger partial charge in [-0.2, -0.15) is 0 Å². The Labute approximate surface area is 116 Å². The first-order chi connectivity index (χ1) is 12.0. The van der Waals surface area contributed by atoms with Crippen molar-refractivity contribution in [2.45, 2.75) is 31.0 Å². The van der Waals surface area contributed by atoms with Crippen molar-refractivity contribution in [2.75, 3.05) is 13.6 Å². The van der Waals surface area contributed by atoms with Gasteiger partial charge in [0, 0.05) is 19.7 Å². The summed E-state index contributed by atoms with van der Waals surface area (Å²) in [5.41, 5.74) is -0.239. The normalized spacial score (nSPS) is 48.5. The largest absolute Gasteiger partial charge is 0.469 e. The lowest BCUT2D eigenvalue weighted by Gasteiger charge is -2.29. The molecule has 1 heterocycles. The van der Waals surface area contributed by atoms with Gasteiger partial charge < -0.3 is 10.1 Å². The van der Waals surface area contributed by atoms with E-state index in [1.165, 1.54) is 30.3 Å². The molecule has 1 saturated heterocycles. The maximum atomic E-state index is 12.5. The van der Waals surface area contributed by atoms with Crippen molar-refractivity contribution in [3.63, 3.8) is 0 Å². The molecule has 0 unspecified atom stereocenters. The second kappa shape index (κ2) is 5.82. The van der Waals surface area contributed by atoms with Crippen LogP contribution < -0.4 is 5.32 Å². The molecule has 0 spiro atoms. The molecule has 17 heavy (non-hydrogen) atoms. The van der Waals surface area contributed by atoms with Gasteiger partial charge in [0.1, 0.15) is 0 Å². The summed E-state index contributed by atoms with van der Waals surface area (Å²) in [6.45, 7) is -3.28. The van der Waals surface area contributed by atoms with E-state index in [-0.39, 0.29) is 5.56 Å². The zero-order valence-electron chi connectivity index (χ0n) is 19.2. The lowest BCUT2D eigenvalue weighted by Crippen LogP contribution is -2.42. The van der Waals surface area contributed by atoms with E-state index in [0.29, 0.717) is 0 Å². The highest BCUT2D eigenvalue weighted by atomic mass is 16.5. The monoisotopic (exact) mass is 243 g/mol. The van der Waals surface area contributed by atoms with E-state index in [4.69, 9.17) is 13.7 Å². The van der Waals surface area contributed by atoms with Crippen molar-refractivity contribution in [1.82, 2.24) is 5.32 Å². The molecule has 1 fully saturated rings. The van der Waals surface area contributed by atoms with Crippen molar-refractivity contribution < 1.29 is 23.2 Å². The number of nitrogens with one attached hydrogen (secondary N) is 1. The van der Waals surface area contributed by atoms with Crippen LogP contribution >= 0.6 is 0 Å². The molecule has 0 radical (unpaired) electrons. The van der Waals surface area contributed by atoms with Crippen molar-refractivity contribution in [1.29, 1.82) is 0 Å². The van der Waals surface area contributed by atoms with Gasteiger partial charge in [0.05, 0.1) is 13.0 Å². The Morgan fingerprint density at radius 3 is 3.06 bits per heavy atom. The van der Waals surface area contributed by atoms with E-state index in [9.17, 15) is 4.79 Å². The molecule has 0 saturated carbocycles. The van der Waals surface area contributed by atoms with E-state index < -0.39 is 43.5 Å². The Kier molecular flexibility index (Phi) is 1.62. The number of rotatable bonds is 3. The fraction of sp³-hybridized carbons (Fsp3) is 0.500. The molecule has 0 aliphatic carbocycles. The van der Waals surface area contributed by atoms with Gasteiger partial charge in [0.25, 0.3) is 0 Å². The molecule has 0 bridgehead atoms. The van der Waals surface area contributed by atoms with Crippen LogP contribution in [0, 0.1) is 0 Å². The second-order valence-electron chi connectivity index (χ2n) is 3.23. The average Bonchev–Trinajstić information content (AvgIpc) is 2.58. The summed E-state index contributed by atoms with van der Waals surface area (Å²) in [6, 6.07) is 3.53. The number of carbonyl (C=O) groups is 1. The SMILES string of the molecule is [2H]C1([2H])N[C@@]([2H])([C@]([2H])(C(=O)OC)c2ccccc2)C([2H])([2H])C([2H])([2H])C1([2H])[2H]. The van der Waals surface area contributed by atoms with E-state index in [0.717, 1.165) is 7.11 Å². The molecule has 2 atom stereocenters. The van der Waals surface area contributed by atoms with Gasteiger partial charge in [-0.05, 0) is 24.8 Å². The first-order valence-corrected chi connectivity index (χ1v) is 4.98. The molecule has 0 amide bonds. The fourth-order valence-electron chi connectivity index (χ4n) is 1.45. The average molecular weight is 243 g/mol. The number of methoxy groups -OCH3 is 1. The molecule has 3 nitrogen and oxygen atoms in total. The number of piperidine rings is 1. The number of carbonyl (C=O) groups excluding carboxylic acids is 1. The van der Waals surface area contributed by atoms with Gasteiger partial charge in [-0.3, -0.25) is 4.79 Å². The summed E-state index contributed by atoms with van der Waals surface area (Å²) >= 11 is 0. The second-order valence-corrected chi connectivity index (χ2v) is 3.23. The van der Waals surface area contributed by atoms with Crippen LogP contribution in [0.4, 0.5) is 0 Å². The van der Waals surface area contributed by atoms with Gasteiger partial charge in [-0.1, -0.05) is 36.7 Å². The lowest BCUT2D eigenvalue weighted by molar-refractivity contribution is -0.143. The van der Waals surface area contributed by atoms with Gasteiger partial charge in [-0.25, -0.2) is 0 Å². The molecular formula is C14H19NO2. The molecule has 3 heteroatoms. The molecule has 0 aromatic heterocycles. The smallest absolute Gasteiger partial charge is 0.314 e. The van der Waals surface area contributed by atoms with Gasteiger partial charge >= 0.3 is 5.97 Å². The highest BCUT2D eigenvalue weighted by Gasteiger charge is 2.31. The van der Waals surface area contributed by atoms with Crippen molar-refractivity contribution in [3.05, 3.63) is 35.9 Å². The van der Waals surface area contributed by atoms with E-state index in [1.54, 1.807) is 5.32 Å². The first kappa shape index (κ1) is 4.73. The minimum atomic E-state index is -3.58. The minimum absolute atomic E-state index is 0.239. The third kappa shape index (κ3) is 2.86.